The van der Waals surface area contributed by atoms with Crippen molar-refractivity contribution in [3.8, 4) is 0 Å². The number of hydrogen-bond acceptors (Lipinski definition) is 2. The monoisotopic (exact) mass is 204 g/mol. The number of rotatable bonds is 2. The molecule has 2 rings (SSSR count). The fourth-order valence-electron chi connectivity index (χ4n) is 2.05. The van der Waals surface area contributed by atoms with E-state index in [-0.39, 0.29) is 5.91 Å². The first-order valence-corrected chi connectivity index (χ1v) is 5.19. The molecule has 1 aromatic rings. The average molecular weight is 204 g/mol. The quantitative estimate of drug-likeness (QED) is 0.789. The van der Waals surface area contributed by atoms with Crippen LogP contribution in [0.2, 0.25) is 0 Å². The molecule has 3 nitrogen and oxygen atoms in total. The summed E-state index contributed by atoms with van der Waals surface area (Å²) in [7, 11) is 0. The van der Waals surface area contributed by atoms with Crippen molar-refractivity contribution in [3.05, 3.63) is 29.8 Å². The van der Waals surface area contributed by atoms with E-state index < -0.39 is 5.54 Å². The summed E-state index contributed by atoms with van der Waals surface area (Å²) in [6.07, 6.45) is 0.993. The number of anilines is 1. The van der Waals surface area contributed by atoms with Crippen LogP contribution in [-0.2, 0) is 11.2 Å². The smallest absolute Gasteiger partial charge is 0.242 e. The highest BCUT2D eigenvalue weighted by Crippen LogP contribution is 2.33. The number of fused-ring (bicyclic) bond motifs is 1. The van der Waals surface area contributed by atoms with Crippen LogP contribution < -0.4 is 10.6 Å². The van der Waals surface area contributed by atoms with Gasteiger partial charge < -0.3 is 10.6 Å². The summed E-state index contributed by atoms with van der Waals surface area (Å²) in [5.74, 6) is -0.279. The van der Waals surface area contributed by atoms with E-state index in [0.717, 1.165) is 18.7 Å². The highest BCUT2D eigenvalue weighted by molar-refractivity contribution is 5.88. The van der Waals surface area contributed by atoms with Crippen LogP contribution in [0, 0.1) is 0 Å². The fourth-order valence-corrected chi connectivity index (χ4v) is 2.05. The lowest BCUT2D eigenvalue weighted by molar-refractivity contribution is -0.122. The predicted molar refractivity (Wildman–Crippen MR) is 60.8 cm³/mol. The van der Waals surface area contributed by atoms with E-state index in [1.807, 2.05) is 32.0 Å². The molecule has 1 aliphatic heterocycles. The van der Waals surface area contributed by atoms with Gasteiger partial charge in [0.15, 0.2) is 0 Å². The molecule has 0 spiro atoms. The van der Waals surface area contributed by atoms with E-state index >= 15 is 0 Å². The van der Waals surface area contributed by atoms with Crippen molar-refractivity contribution in [2.75, 3.05) is 11.4 Å². The Hall–Kier alpha value is -1.51. The molecule has 0 aromatic heterocycles. The van der Waals surface area contributed by atoms with E-state index in [1.165, 1.54) is 5.56 Å². The normalized spacial score (nSPS) is 15.2. The van der Waals surface area contributed by atoms with E-state index in [0.29, 0.717) is 0 Å². The van der Waals surface area contributed by atoms with Gasteiger partial charge in [-0.3, -0.25) is 4.79 Å². The first-order valence-electron chi connectivity index (χ1n) is 5.19. The van der Waals surface area contributed by atoms with Crippen molar-refractivity contribution in [2.24, 2.45) is 5.73 Å². The molecule has 0 unspecified atom stereocenters. The first-order chi connectivity index (χ1) is 7.03. The van der Waals surface area contributed by atoms with Crippen LogP contribution in [0.3, 0.4) is 0 Å². The molecule has 0 saturated heterocycles. The molecule has 0 radical (unpaired) electrons. The van der Waals surface area contributed by atoms with Crippen molar-refractivity contribution in [3.63, 3.8) is 0 Å². The molecule has 15 heavy (non-hydrogen) atoms. The van der Waals surface area contributed by atoms with Crippen LogP contribution in [0.1, 0.15) is 19.4 Å². The van der Waals surface area contributed by atoms with Gasteiger partial charge in [0.25, 0.3) is 0 Å². The van der Waals surface area contributed by atoms with Crippen molar-refractivity contribution in [1.82, 2.24) is 0 Å². The van der Waals surface area contributed by atoms with Gasteiger partial charge in [0.1, 0.15) is 5.54 Å². The lowest BCUT2D eigenvalue weighted by Gasteiger charge is -2.34. The summed E-state index contributed by atoms with van der Waals surface area (Å²) in [4.78, 5) is 13.5. The standard InChI is InChI=1S/C12H16N2O/c1-12(2,11(13)15)14-8-7-9-5-3-4-6-10(9)14/h3-6H,7-8H2,1-2H3,(H2,13,15). The SMILES string of the molecule is CC(C)(C(N)=O)N1CCc2ccccc21. The van der Waals surface area contributed by atoms with E-state index in [2.05, 4.69) is 11.0 Å². The Balaban J connectivity index is 2.39. The van der Waals surface area contributed by atoms with Gasteiger partial charge in [0, 0.05) is 12.2 Å². The fraction of sp³-hybridized carbons (Fsp3) is 0.417. The lowest BCUT2D eigenvalue weighted by atomic mass is 10.0. The molecule has 3 heteroatoms. The molecule has 1 amide bonds. The third-order valence-corrected chi connectivity index (χ3v) is 3.16. The van der Waals surface area contributed by atoms with Crippen LogP contribution in [0.5, 0.6) is 0 Å². The number of amides is 1. The molecule has 0 atom stereocenters. The Bertz CT molecular complexity index is 398. The number of nitrogens with zero attached hydrogens (tertiary/aromatic N) is 1. The predicted octanol–water partition coefficient (Wildman–Crippen LogP) is 1.31. The minimum Gasteiger partial charge on any atom is -0.368 e. The molecular formula is C12H16N2O. The second-order valence-corrected chi connectivity index (χ2v) is 4.45. The molecule has 0 bridgehead atoms. The Morgan fingerprint density at radius 3 is 2.73 bits per heavy atom. The number of hydrogen-bond donors (Lipinski definition) is 1. The number of nitrogens with two attached hydrogens (primary N) is 1. The molecule has 2 N–H and O–H groups in total. The molecule has 1 heterocycles. The second-order valence-electron chi connectivity index (χ2n) is 4.45. The van der Waals surface area contributed by atoms with Gasteiger partial charge in [-0.1, -0.05) is 18.2 Å². The number of para-hydroxylation sites is 1. The summed E-state index contributed by atoms with van der Waals surface area (Å²) in [5.41, 5.74) is 7.26. The minimum absolute atomic E-state index is 0.279. The molecule has 1 aromatic carbocycles. The third-order valence-electron chi connectivity index (χ3n) is 3.16. The Morgan fingerprint density at radius 2 is 2.07 bits per heavy atom. The van der Waals surface area contributed by atoms with Crippen molar-refractivity contribution >= 4 is 11.6 Å². The average Bonchev–Trinajstić information content (AvgIpc) is 2.61. The summed E-state index contributed by atoms with van der Waals surface area (Å²) in [6, 6.07) is 8.17. The zero-order valence-corrected chi connectivity index (χ0v) is 9.16. The summed E-state index contributed by atoms with van der Waals surface area (Å²) >= 11 is 0. The van der Waals surface area contributed by atoms with Gasteiger partial charge in [0.2, 0.25) is 5.91 Å². The first kappa shape index (κ1) is 10.0. The third kappa shape index (κ3) is 1.48. The van der Waals surface area contributed by atoms with Gasteiger partial charge in [-0.25, -0.2) is 0 Å². The molecule has 80 valence electrons. The lowest BCUT2D eigenvalue weighted by Crippen LogP contribution is -2.52. The maximum absolute atomic E-state index is 11.4. The van der Waals surface area contributed by atoms with Crippen LogP contribution in [-0.4, -0.2) is 18.0 Å². The highest BCUT2D eigenvalue weighted by Gasteiger charge is 2.36. The largest absolute Gasteiger partial charge is 0.368 e. The Kier molecular flexibility index (Phi) is 2.18. The van der Waals surface area contributed by atoms with E-state index in [1.54, 1.807) is 0 Å². The van der Waals surface area contributed by atoms with Crippen LogP contribution in [0.4, 0.5) is 5.69 Å². The Labute approximate surface area is 89.9 Å². The van der Waals surface area contributed by atoms with Gasteiger partial charge in [0.05, 0.1) is 0 Å². The summed E-state index contributed by atoms with van der Waals surface area (Å²) < 4.78 is 0. The number of primary amides is 1. The second kappa shape index (κ2) is 3.26. The van der Waals surface area contributed by atoms with Gasteiger partial charge in [-0.05, 0) is 31.9 Å². The van der Waals surface area contributed by atoms with Crippen molar-refractivity contribution in [2.45, 2.75) is 25.8 Å². The maximum atomic E-state index is 11.4. The zero-order chi connectivity index (χ0) is 11.1. The van der Waals surface area contributed by atoms with Crippen LogP contribution >= 0.6 is 0 Å². The van der Waals surface area contributed by atoms with Crippen LogP contribution in [0.25, 0.3) is 0 Å². The van der Waals surface area contributed by atoms with Crippen molar-refractivity contribution in [1.29, 1.82) is 0 Å². The van der Waals surface area contributed by atoms with Crippen LogP contribution in [0.15, 0.2) is 24.3 Å². The molecule has 0 fully saturated rings. The number of carbonyl (C=O) groups is 1. The number of benzene rings is 1. The maximum Gasteiger partial charge on any atom is 0.242 e. The highest BCUT2D eigenvalue weighted by atomic mass is 16.1. The molecule has 1 aliphatic rings. The topological polar surface area (TPSA) is 46.3 Å². The zero-order valence-electron chi connectivity index (χ0n) is 9.16. The van der Waals surface area contributed by atoms with E-state index in [9.17, 15) is 4.79 Å². The van der Waals surface area contributed by atoms with Gasteiger partial charge in [-0.2, -0.15) is 0 Å². The number of carbonyl (C=O) groups excluding carboxylic acids is 1. The minimum atomic E-state index is -0.605. The Morgan fingerprint density at radius 1 is 1.40 bits per heavy atom. The molecule has 0 aliphatic carbocycles. The summed E-state index contributed by atoms with van der Waals surface area (Å²) in [6.45, 7) is 4.62. The molecular weight excluding hydrogens is 188 g/mol. The molecule has 0 saturated carbocycles. The van der Waals surface area contributed by atoms with E-state index in [4.69, 9.17) is 5.73 Å². The summed E-state index contributed by atoms with van der Waals surface area (Å²) in [5, 5.41) is 0. The van der Waals surface area contributed by atoms with Crippen molar-refractivity contribution < 1.29 is 4.79 Å². The van der Waals surface area contributed by atoms with Gasteiger partial charge >= 0.3 is 0 Å². The van der Waals surface area contributed by atoms with Gasteiger partial charge in [-0.15, -0.1) is 0 Å².